The maximum atomic E-state index is 12.8. The third-order valence-corrected chi connectivity index (χ3v) is 5.59. The summed E-state index contributed by atoms with van der Waals surface area (Å²) in [4.78, 5) is 42.0. The van der Waals surface area contributed by atoms with E-state index >= 15 is 0 Å². The zero-order valence-electron chi connectivity index (χ0n) is 16.0. The quantitative estimate of drug-likeness (QED) is 0.818. The summed E-state index contributed by atoms with van der Waals surface area (Å²) in [5, 5.41) is 0. The fraction of sp³-hybridized carbons (Fsp3) is 0.476. The summed E-state index contributed by atoms with van der Waals surface area (Å²) in [6, 6.07) is 5.54. The van der Waals surface area contributed by atoms with E-state index in [9.17, 15) is 9.59 Å². The number of carbonyl (C=O) groups excluding carboxylic acids is 2. The third kappa shape index (κ3) is 4.03. The van der Waals surface area contributed by atoms with Gasteiger partial charge in [-0.15, -0.1) is 0 Å². The molecule has 0 bridgehead atoms. The first kappa shape index (κ1) is 18.5. The number of rotatable bonds is 3. The molecule has 28 heavy (non-hydrogen) atoms. The van der Waals surface area contributed by atoms with Crippen LogP contribution in [0.3, 0.4) is 0 Å². The van der Waals surface area contributed by atoms with Crippen LogP contribution in [0.15, 0.2) is 36.8 Å². The lowest BCUT2D eigenvalue weighted by Gasteiger charge is -2.35. The Kier molecular flexibility index (Phi) is 5.60. The first-order valence-corrected chi connectivity index (χ1v) is 10.0. The molecule has 7 nitrogen and oxygen atoms in total. The second-order valence-electron chi connectivity index (χ2n) is 7.46. The number of pyridine rings is 1. The molecule has 4 rings (SSSR count). The van der Waals surface area contributed by atoms with Crippen LogP contribution in [0.25, 0.3) is 11.5 Å². The maximum absolute atomic E-state index is 12.8. The summed E-state index contributed by atoms with van der Waals surface area (Å²) in [6.45, 7) is 2.98. The van der Waals surface area contributed by atoms with E-state index in [-0.39, 0.29) is 17.7 Å². The van der Waals surface area contributed by atoms with E-state index in [1.54, 1.807) is 23.5 Å². The van der Waals surface area contributed by atoms with Gasteiger partial charge in [-0.3, -0.25) is 14.6 Å². The van der Waals surface area contributed by atoms with Crippen LogP contribution in [-0.4, -0.2) is 62.7 Å². The second kappa shape index (κ2) is 8.46. The van der Waals surface area contributed by atoms with Crippen molar-refractivity contribution in [2.75, 3.05) is 26.2 Å². The fourth-order valence-corrected chi connectivity index (χ4v) is 3.95. The molecule has 0 spiro atoms. The highest BCUT2D eigenvalue weighted by atomic mass is 16.2. The Morgan fingerprint density at radius 3 is 2.21 bits per heavy atom. The van der Waals surface area contributed by atoms with Gasteiger partial charge in [0.2, 0.25) is 5.91 Å². The average Bonchev–Trinajstić information content (AvgIpc) is 2.79. The Morgan fingerprint density at radius 1 is 0.857 bits per heavy atom. The van der Waals surface area contributed by atoms with Crippen molar-refractivity contribution < 1.29 is 9.59 Å². The van der Waals surface area contributed by atoms with E-state index in [1.165, 1.54) is 6.42 Å². The highest BCUT2D eigenvalue weighted by Crippen LogP contribution is 2.23. The van der Waals surface area contributed by atoms with Gasteiger partial charge in [0.25, 0.3) is 5.91 Å². The maximum Gasteiger partial charge on any atom is 0.256 e. The smallest absolute Gasteiger partial charge is 0.256 e. The van der Waals surface area contributed by atoms with Crippen molar-refractivity contribution in [3.8, 4) is 11.5 Å². The van der Waals surface area contributed by atoms with Gasteiger partial charge in [-0.1, -0.05) is 6.07 Å². The molecule has 146 valence electrons. The van der Waals surface area contributed by atoms with Gasteiger partial charge in [-0.05, 0) is 44.2 Å². The molecule has 0 radical (unpaired) electrons. The molecule has 0 unspecified atom stereocenters. The molecule has 2 amide bonds. The average molecular weight is 379 g/mol. The molecular weight excluding hydrogens is 354 g/mol. The van der Waals surface area contributed by atoms with Gasteiger partial charge in [-0.25, -0.2) is 9.97 Å². The number of hydrogen-bond acceptors (Lipinski definition) is 5. The summed E-state index contributed by atoms with van der Waals surface area (Å²) in [6.07, 6.45) is 9.71. The number of carbonyl (C=O) groups is 2. The van der Waals surface area contributed by atoms with Gasteiger partial charge in [0, 0.05) is 50.7 Å². The fourth-order valence-electron chi connectivity index (χ4n) is 3.95. The molecule has 0 saturated carbocycles. The molecule has 0 aliphatic carbocycles. The number of piperidine rings is 2. The lowest BCUT2D eigenvalue weighted by Crippen LogP contribution is -2.45. The van der Waals surface area contributed by atoms with Gasteiger partial charge < -0.3 is 9.80 Å². The normalized spacial score (nSPS) is 18.1. The minimum Gasteiger partial charge on any atom is -0.342 e. The van der Waals surface area contributed by atoms with E-state index in [1.807, 2.05) is 23.1 Å². The minimum absolute atomic E-state index is 0.0462. The van der Waals surface area contributed by atoms with Gasteiger partial charge in [0.1, 0.15) is 5.69 Å². The molecule has 0 N–H and O–H groups in total. The Bertz CT molecular complexity index is 810. The van der Waals surface area contributed by atoms with Crippen molar-refractivity contribution in [1.82, 2.24) is 24.8 Å². The van der Waals surface area contributed by atoms with Crippen molar-refractivity contribution in [2.45, 2.75) is 32.1 Å². The molecule has 2 aromatic rings. The molecule has 7 heteroatoms. The third-order valence-electron chi connectivity index (χ3n) is 5.59. The van der Waals surface area contributed by atoms with Crippen LogP contribution >= 0.6 is 0 Å². The first-order chi connectivity index (χ1) is 13.7. The highest BCUT2D eigenvalue weighted by Gasteiger charge is 2.31. The van der Waals surface area contributed by atoms with Crippen molar-refractivity contribution in [3.63, 3.8) is 0 Å². The van der Waals surface area contributed by atoms with Crippen molar-refractivity contribution in [3.05, 3.63) is 42.4 Å². The summed E-state index contributed by atoms with van der Waals surface area (Å²) >= 11 is 0. The second-order valence-corrected chi connectivity index (χ2v) is 7.46. The topological polar surface area (TPSA) is 79.3 Å². The molecule has 0 aromatic carbocycles. The standard InChI is InChI=1S/C21H25N5O2/c27-20(25-10-4-1-5-11-25)16-7-12-26(13-8-16)21(28)17-14-23-19(24-15-17)18-6-2-3-9-22-18/h2-3,6,9,14-16H,1,4-5,7-8,10-13H2. The molecule has 2 aliphatic heterocycles. The number of amides is 2. The Morgan fingerprint density at radius 2 is 1.57 bits per heavy atom. The molecule has 4 heterocycles. The summed E-state index contributed by atoms with van der Waals surface area (Å²) in [5.74, 6) is 0.749. The summed E-state index contributed by atoms with van der Waals surface area (Å²) in [5.41, 5.74) is 1.15. The van der Waals surface area contributed by atoms with Crippen LogP contribution in [0.5, 0.6) is 0 Å². The van der Waals surface area contributed by atoms with Crippen LogP contribution in [0.4, 0.5) is 0 Å². The number of nitrogens with zero attached hydrogens (tertiary/aromatic N) is 5. The van der Waals surface area contributed by atoms with Crippen LogP contribution in [0.1, 0.15) is 42.5 Å². The van der Waals surface area contributed by atoms with Crippen molar-refractivity contribution in [1.29, 1.82) is 0 Å². The zero-order chi connectivity index (χ0) is 19.3. The molecule has 2 saturated heterocycles. The molecule has 2 fully saturated rings. The number of aromatic nitrogens is 3. The molecular formula is C21H25N5O2. The van der Waals surface area contributed by atoms with E-state index in [2.05, 4.69) is 15.0 Å². The van der Waals surface area contributed by atoms with E-state index in [4.69, 9.17) is 0 Å². The van der Waals surface area contributed by atoms with Crippen LogP contribution < -0.4 is 0 Å². The van der Waals surface area contributed by atoms with Crippen molar-refractivity contribution in [2.24, 2.45) is 5.92 Å². The lowest BCUT2D eigenvalue weighted by molar-refractivity contribution is -0.137. The van der Waals surface area contributed by atoms with Crippen LogP contribution in [0, 0.1) is 5.92 Å². The SMILES string of the molecule is O=C(c1cnc(-c2ccccn2)nc1)N1CCC(C(=O)N2CCCCC2)CC1. The summed E-state index contributed by atoms with van der Waals surface area (Å²) < 4.78 is 0. The monoisotopic (exact) mass is 379 g/mol. The van der Waals surface area contributed by atoms with Crippen molar-refractivity contribution >= 4 is 11.8 Å². The van der Waals surface area contributed by atoms with E-state index < -0.39 is 0 Å². The first-order valence-electron chi connectivity index (χ1n) is 10.0. The van der Waals surface area contributed by atoms with Gasteiger partial charge >= 0.3 is 0 Å². The molecule has 2 aromatic heterocycles. The largest absolute Gasteiger partial charge is 0.342 e. The van der Waals surface area contributed by atoms with Gasteiger partial charge in [0.15, 0.2) is 5.82 Å². The van der Waals surface area contributed by atoms with Crippen LogP contribution in [-0.2, 0) is 4.79 Å². The van der Waals surface area contributed by atoms with E-state index in [0.717, 1.165) is 38.8 Å². The predicted octanol–water partition coefficient (Wildman–Crippen LogP) is 2.40. The molecule has 0 atom stereocenters. The van der Waals surface area contributed by atoms with E-state index in [0.29, 0.717) is 30.2 Å². The van der Waals surface area contributed by atoms with Gasteiger partial charge in [-0.2, -0.15) is 0 Å². The Balaban J connectivity index is 1.34. The molecule has 2 aliphatic rings. The highest BCUT2D eigenvalue weighted by molar-refractivity contribution is 5.94. The lowest BCUT2D eigenvalue weighted by atomic mass is 9.94. The Hall–Kier alpha value is -2.83. The van der Waals surface area contributed by atoms with Gasteiger partial charge in [0.05, 0.1) is 5.56 Å². The Labute approximate surface area is 164 Å². The van der Waals surface area contributed by atoms with Crippen LogP contribution in [0.2, 0.25) is 0 Å². The number of hydrogen-bond donors (Lipinski definition) is 0. The zero-order valence-corrected chi connectivity index (χ0v) is 16.0. The predicted molar refractivity (Wildman–Crippen MR) is 104 cm³/mol. The number of likely N-dealkylation sites (tertiary alicyclic amines) is 2. The minimum atomic E-state index is -0.0727. The summed E-state index contributed by atoms with van der Waals surface area (Å²) in [7, 11) is 0.